The third kappa shape index (κ3) is 1.39. The van der Waals surface area contributed by atoms with E-state index < -0.39 is 11.6 Å². The van der Waals surface area contributed by atoms with E-state index in [1.807, 2.05) is 0 Å². The third-order valence-electron chi connectivity index (χ3n) is 2.83. The fourth-order valence-electron chi connectivity index (χ4n) is 1.95. The fourth-order valence-corrected chi connectivity index (χ4v) is 2.10. The lowest BCUT2D eigenvalue weighted by Crippen LogP contribution is -1.87. The first kappa shape index (κ1) is 11.3. The maximum atomic E-state index is 14.0. The summed E-state index contributed by atoms with van der Waals surface area (Å²) in [6.45, 7) is 0. The van der Waals surface area contributed by atoms with E-state index in [9.17, 15) is 8.78 Å². The molecule has 0 unspecified atom stereocenters. The van der Waals surface area contributed by atoms with Crippen LogP contribution in [-0.4, -0.2) is 7.11 Å². The number of hydrogen-bond acceptors (Lipinski definition) is 2. The Labute approximate surface area is 106 Å². The van der Waals surface area contributed by atoms with Crippen molar-refractivity contribution in [2.45, 2.75) is 0 Å². The molecule has 0 saturated heterocycles. The van der Waals surface area contributed by atoms with E-state index >= 15 is 0 Å². The van der Waals surface area contributed by atoms with Crippen molar-refractivity contribution < 1.29 is 17.9 Å². The minimum Gasteiger partial charge on any atom is -0.494 e. The molecule has 0 bridgehead atoms. The van der Waals surface area contributed by atoms with Gasteiger partial charge in [0.1, 0.15) is 0 Å². The second-order valence-corrected chi connectivity index (χ2v) is 4.21. The van der Waals surface area contributed by atoms with Crippen LogP contribution in [0.25, 0.3) is 21.9 Å². The highest BCUT2D eigenvalue weighted by Crippen LogP contribution is 2.36. The first-order valence-corrected chi connectivity index (χ1v) is 5.54. The number of fused-ring (bicyclic) bond motifs is 3. The van der Waals surface area contributed by atoms with Gasteiger partial charge in [0, 0.05) is 10.8 Å². The summed E-state index contributed by atoms with van der Waals surface area (Å²) >= 11 is 5.66. The Kier molecular flexibility index (Phi) is 2.41. The molecule has 5 heteroatoms. The van der Waals surface area contributed by atoms with Gasteiger partial charge >= 0.3 is 0 Å². The van der Waals surface area contributed by atoms with Crippen LogP contribution in [-0.2, 0) is 0 Å². The van der Waals surface area contributed by atoms with Crippen LogP contribution in [0.5, 0.6) is 5.75 Å². The molecule has 0 fully saturated rings. The first-order valence-electron chi connectivity index (χ1n) is 5.16. The van der Waals surface area contributed by atoms with E-state index in [-0.39, 0.29) is 21.9 Å². The van der Waals surface area contributed by atoms with Crippen molar-refractivity contribution in [3.8, 4) is 5.75 Å². The summed E-state index contributed by atoms with van der Waals surface area (Å²) in [5, 5.41) is 0.904. The fraction of sp³-hybridized carbons (Fsp3) is 0.0769. The Morgan fingerprint density at radius 2 is 1.61 bits per heavy atom. The number of ether oxygens (including phenoxy) is 1. The van der Waals surface area contributed by atoms with Crippen LogP contribution in [0.15, 0.2) is 28.7 Å². The smallest absolute Gasteiger partial charge is 0.208 e. The van der Waals surface area contributed by atoms with Gasteiger partial charge in [-0.1, -0.05) is 11.6 Å². The third-order valence-corrected chi connectivity index (χ3v) is 3.12. The van der Waals surface area contributed by atoms with Crippen LogP contribution < -0.4 is 4.74 Å². The standard InChI is InChI=1S/C13H7ClF2O2/c1-17-9-5-3-7-6-2-4-8(14)10(15)12(6)18-13(7)11(9)16/h2-5H,1H3. The van der Waals surface area contributed by atoms with E-state index in [0.29, 0.717) is 10.8 Å². The van der Waals surface area contributed by atoms with Gasteiger partial charge in [-0.2, -0.15) is 4.39 Å². The number of benzene rings is 2. The monoisotopic (exact) mass is 268 g/mol. The molecule has 0 aliphatic carbocycles. The van der Waals surface area contributed by atoms with Gasteiger partial charge in [0.25, 0.3) is 0 Å². The topological polar surface area (TPSA) is 22.4 Å². The van der Waals surface area contributed by atoms with Gasteiger partial charge in [-0.05, 0) is 24.3 Å². The maximum absolute atomic E-state index is 14.0. The Bertz CT molecular complexity index is 765. The summed E-state index contributed by atoms with van der Waals surface area (Å²) in [6.07, 6.45) is 0. The highest BCUT2D eigenvalue weighted by atomic mass is 35.5. The van der Waals surface area contributed by atoms with Crippen molar-refractivity contribution >= 4 is 33.5 Å². The second-order valence-electron chi connectivity index (χ2n) is 3.80. The summed E-state index contributed by atoms with van der Waals surface area (Å²) < 4.78 is 37.8. The molecule has 0 N–H and O–H groups in total. The SMILES string of the molecule is COc1ccc2c(oc3c(F)c(Cl)ccc32)c1F. The minimum absolute atomic E-state index is 0.0366. The lowest BCUT2D eigenvalue weighted by atomic mass is 10.1. The molecular weight excluding hydrogens is 262 g/mol. The number of hydrogen-bond donors (Lipinski definition) is 0. The van der Waals surface area contributed by atoms with Crippen molar-refractivity contribution in [1.82, 2.24) is 0 Å². The van der Waals surface area contributed by atoms with Crippen molar-refractivity contribution in [2.24, 2.45) is 0 Å². The molecule has 0 aliphatic heterocycles. The summed E-state index contributed by atoms with van der Waals surface area (Å²) in [5.41, 5.74) is -0.0878. The van der Waals surface area contributed by atoms with Crippen LogP contribution in [0.4, 0.5) is 8.78 Å². The molecule has 2 nitrogen and oxygen atoms in total. The highest BCUT2D eigenvalue weighted by molar-refractivity contribution is 6.31. The van der Waals surface area contributed by atoms with Crippen LogP contribution >= 0.6 is 11.6 Å². The Morgan fingerprint density at radius 1 is 1.00 bits per heavy atom. The van der Waals surface area contributed by atoms with Crippen LogP contribution in [0, 0.1) is 11.6 Å². The quantitative estimate of drug-likeness (QED) is 0.647. The Balaban J connectivity index is 2.50. The van der Waals surface area contributed by atoms with Gasteiger partial charge in [0.05, 0.1) is 12.1 Å². The normalized spacial score (nSPS) is 11.3. The van der Waals surface area contributed by atoms with Gasteiger partial charge in [0.2, 0.25) is 5.82 Å². The van der Waals surface area contributed by atoms with E-state index in [1.54, 1.807) is 12.1 Å². The zero-order valence-corrected chi connectivity index (χ0v) is 10.0. The molecule has 0 amide bonds. The molecule has 0 aliphatic rings. The van der Waals surface area contributed by atoms with E-state index in [0.717, 1.165) is 0 Å². The minimum atomic E-state index is -0.691. The van der Waals surface area contributed by atoms with Crippen LogP contribution in [0.2, 0.25) is 5.02 Å². The highest BCUT2D eigenvalue weighted by Gasteiger charge is 2.18. The van der Waals surface area contributed by atoms with Crippen LogP contribution in [0.1, 0.15) is 0 Å². The van der Waals surface area contributed by atoms with Gasteiger partial charge in [-0.25, -0.2) is 4.39 Å². The lowest BCUT2D eigenvalue weighted by Gasteiger charge is -2.00. The largest absolute Gasteiger partial charge is 0.494 e. The zero-order valence-electron chi connectivity index (χ0n) is 9.26. The Morgan fingerprint density at radius 3 is 2.28 bits per heavy atom. The average Bonchev–Trinajstić information content (AvgIpc) is 2.75. The molecular formula is C13H7ClF2O2. The van der Waals surface area contributed by atoms with Gasteiger partial charge in [-0.3, -0.25) is 0 Å². The van der Waals surface area contributed by atoms with Crippen molar-refractivity contribution in [2.75, 3.05) is 7.11 Å². The molecule has 1 aromatic heterocycles. The average molecular weight is 269 g/mol. The second kappa shape index (κ2) is 3.85. The van der Waals surface area contributed by atoms with Gasteiger partial charge in [0.15, 0.2) is 22.7 Å². The summed E-state index contributed by atoms with van der Waals surface area (Å²) in [6, 6.07) is 6.10. The van der Waals surface area contributed by atoms with Crippen molar-refractivity contribution in [3.63, 3.8) is 0 Å². The molecule has 2 aromatic carbocycles. The molecule has 3 rings (SSSR count). The number of methoxy groups -OCH3 is 1. The molecule has 1 heterocycles. The summed E-state index contributed by atoms with van der Waals surface area (Å²) in [7, 11) is 1.35. The van der Waals surface area contributed by atoms with E-state index in [4.69, 9.17) is 20.8 Å². The van der Waals surface area contributed by atoms with Gasteiger partial charge in [-0.15, -0.1) is 0 Å². The number of furan rings is 1. The predicted molar refractivity (Wildman–Crippen MR) is 65.2 cm³/mol. The van der Waals surface area contributed by atoms with Crippen molar-refractivity contribution in [1.29, 1.82) is 0 Å². The molecule has 92 valence electrons. The maximum Gasteiger partial charge on any atom is 0.208 e. The molecule has 3 aromatic rings. The van der Waals surface area contributed by atoms with E-state index in [2.05, 4.69) is 0 Å². The number of rotatable bonds is 1. The van der Waals surface area contributed by atoms with Gasteiger partial charge < -0.3 is 9.15 Å². The molecule has 0 saturated carbocycles. The van der Waals surface area contributed by atoms with Crippen molar-refractivity contribution in [3.05, 3.63) is 40.9 Å². The van der Waals surface area contributed by atoms with E-state index in [1.165, 1.54) is 19.2 Å². The number of halogens is 3. The molecule has 0 spiro atoms. The lowest BCUT2D eigenvalue weighted by molar-refractivity contribution is 0.385. The summed E-state index contributed by atoms with van der Waals surface area (Å²) in [4.78, 5) is 0. The van der Waals surface area contributed by atoms with Crippen LogP contribution in [0.3, 0.4) is 0 Å². The first-order chi connectivity index (χ1) is 8.63. The Hall–Kier alpha value is -1.81. The summed E-state index contributed by atoms with van der Waals surface area (Å²) in [5.74, 6) is -1.29. The predicted octanol–water partition coefficient (Wildman–Crippen LogP) is 4.53. The molecule has 0 radical (unpaired) electrons. The zero-order chi connectivity index (χ0) is 12.9. The molecule has 18 heavy (non-hydrogen) atoms. The molecule has 0 atom stereocenters.